The number of aliphatic hydroxyl groups excluding tert-OH is 1. The fraction of sp³-hybridized carbons (Fsp3) is 0.400. The molecule has 2 rings (SSSR count). The van der Waals surface area contributed by atoms with E-state index < -0.39 is 4.92 Å². The summed E-state index contributed by atoms with van der Waals surface area (Å²) in [5.41, 5.74) is 0.981. The van der Waals surface area contributed by atoms with Gasteiger partial charge in [0.25, 0.3) is 0 Å². The van der Waals surface area contributed by atoms with E-state index in [1.165, 1.54) is 6.20 Å². The number of fused-ring (bicyclic) bond motifs is 1. The van der Waals surface area contributed by atoms with Crippen LogP contribution in [0.3, 0.4) is 0 Å². The monoisotopic (exact) mass is 307 g/mol. The minimum absolute atomic E-state index is 0.0539. The number of nitrogens with one attached hydrogen (secondary N) is 1. The summed E-state index contributed by atoms with van der Waals surface area (Å²) >= 11 is 0. The molecule has 0 aliphatic heterocycles. The fourth-order valence-corrected chi connectivity index (χ4v) is 1.82. The topological polar surface area (TPSA) is 97.5 Å². The minimum atomic E-state index is -0.477. The standard InChI is InChI=1S/C13H15N3O4.C2H6/c17-6-3-7-20-9-15-13-10-4-1-2-5-11(10)14-8-12(13)16(18)19;1-2/h1-2,4-5,8,17H,3,6-7,9H2,(H,14,15);1-2H3. The molecule has 2 N–H and O–H groups in total. The predicted octanol–water partition coefficient (Wildman–Crippen LogP) is 2.94. The lowest BCUT2D eigenvalue weighted by Crippen LogP contribution is -2.10. The number of hydrogen-bond donors (Lipinski definition) is 2. The first-order valence-corrected chi connectivity index (χ1v) is 7.18. The quantitative estimate of drug-likeness (QED) is 0.353. The van der Waals surface area contributed by atoms with Gasteiger partial charge in [-0.2, -0.15) is 0 Å². The summed E-state index contributed by atoms with van der Waals surface area (Å²) in [5.74, 6) is 0. The molecule has 0 aliphatic carbocycles. The molecule has 0 fully saturated rings. The molecule has 0 bridgehead atoms. The van der Waals surface area contributed by atoms with Gasteiger partial charge >= 0.3 is 5.69 Å². The predicted molar refractivity (Wildman–Crippen MR) is 85.9 cm³/mol. The van der Waals surface area contributed by atoms with E-state index >= 15 is 0 Å². The molecule has 120 valence electrons. The summed E-state index contributed by atoms with van der Waals surface area (Å²) in [6, 6.07) is 7.18. The molecular weight excluding hydrogens is 286 g/mol. The molecule has 0 saturated carbocycles. The largest absolute Gasteiger partial charge is 0.396 e. The SMILES string of the molecule is CC.O=[N+]([O-])c1cnc2ccccc2c1NCOCCCO. The van der Waals surface area contributed by atoms with Gasteiger partial charge in [-0.1, -0.05) is 32.0 Å². The van der Waals surface area contributed by atoms with Crippen molar-refractivity contribution in [3.63, 3.8) is 0 Å². The first-order valence-electron chi connectivity index (χ1n) is 7.18. The second-order valence-electron chi connectivity index (χ2n) is 4.10. The van der Waals surface area contributed by atoms with E-state index in [0.29, 0.717) is 29.6 Å². The number of hydrogen-bond acceptors (Lipinski definition) is 6. The number of nitrogens with zero attached hydrogens (tertiary/aromatic N) is 2. The van der Waals surface area contributed by atoms with Gasteiger partial charge in [0.05, 0.1) is 17.0 Å². The van der Waals surface area contributed by atoms with Gasteiger partial charge in [0.15, 0.2) is 0 Å². The van der Waals surface area contributed by atoms with Crippen molar-refractivity contribution < 1.29 is 14.8 Å². The maximum Gasteiger partial charge on any atom is 0.311 e. The van der Waals surface area contributed by atoms with Crippen molar-refractivity contribution in [3.05, 3.63) is 40.6 Å². The van der Waals surface area contributed by atoms with Crippen LogP contribution in [0.1, 0.15) is 20.3 Å². The van der Waals surface area contributed by atoms with Crippen LogP contribution >= 0.6 is 0 Å². The second-order valence-corrected chi connectivity index (χ2v) is 4.10. The summed E-state index contributed by atoms with van der Waals surface area (Å²) in [6.45, 7) is 4.58. The Morgan fingerprint density at radius 2 is 2.09 bits per heavy atom. The third-order valence-corrected chi connectivity index (χ3v) is 2.75. The number of benzene rings is 1. The molecule has 1 aromatic carbocycles. The summed E-state index contributed by atoms with van der Waals surface area (Å²) < 4.78 is 5.25. The van der Waals surface area contributed by atoms with Gasteiger partial charge in [-0.3, -0.25) is 10.1 Å². The van der Waals surface area contributed by atoms with Crippen LogP contribution in [-0.4, -0.2) is 35.0 Å². The van der Waals surface area contributed by atoms with Gasteiger partial charge < -0.3 is 15.2 Å². The highest BCUT2D eigenvalue weighted by Crippen LogP contribution is 2.31. The maximum absolute atomic E-state index is 11.1. The Morgan fingerprint density at radius 3 is 2.77 bits per heavy atom. The molecule has 0 amide bonds. The number of aromatic nitrogens is 1. The van der Waals surface area contributed by atoms with Crippen LogP contribution < -0.4 is 5.32 Å². The van der Waals surface area contributed by atoms with Crippen LogP contribution in [0.4, 0.5) is 11.4 Å². The summed E-state index contributed by atoms with van der Waals surface area (Å²) in [6.07, 6.45) is 1.76. The highest BCUT2D eigenvalue weighted by Gasteiger charge is 2.17. The molecule has 0 aliphatic rings. The molecule has 7 nitrogen and oxygen atoms in total. The Hall–Kier alpha value is -2.25. The van der Waals surface area contributed by atoms with Crippen LogP contribution in [0.25, 0.3) is 10.9 Å². The molecule has 1 aromatic heterocycles. The van der Waals surface area contributed by atoms with E-state index in [1.54, 1.807) is 18.2 Å². The van der Waals surface area contributed by atoms with E-state index in [9.17, 15) is 10.1 Å². The normalized spacial score (nSPS) is 9.95. The first-order chi connectivity index (χ1) is 10.7. The molecule has 0 radical (unpaired) electrons. The molecule has 0 atom stereocenters. The van der Waals surface area contributed by atoms with Gasteiger partial charge in [0, 0.05) is 12.0 Å². The van der Waals surface area contributed by atoms with Crippen LogP contribution in [0, 0.1) is 10.1 Å². The second kappa shape index (κ2) is 9.64. The zero-order chi connectivity index (χ0) is 16.4. The van der Waals surface area contributed by atoms with E-state index in [0.717, 1.165) is 0 Å². The summed E-state index contributed by atoms with van der Waals surface area (Å²) in [4.78, 5) is 14.6. The van der Waals surface area contributed by atoms with Gasteiger partial charge in [0.2, 0.25) is 0 Å². The smallest absolute Gasteiger partial charge is 0.311 e. The highest BCUT2D eigenvalue weighted by atomic mass is 16.6. The molecule has 2 aromatic rings. The van der Waals surface area contributed by atoms with Crippen molar-refractivity contribution in [3.8, 4) is 0 Å². The average Bonchev–Trinajstić information content (AvgIpc) is 2.56. The van der Waals surface area contributed by atoms with Crippen LogP contribution in [0.5, 0.6) is 0 Å². The molecule has 0 saturated heterocycles. The summed E-state index contributed by atoms with van der Waals surface area (Å²) in [5, 5.41) is 23.3. The average molecular weight is 307 g/mol. The Kier molecular flexibility index (Phi) is 7.80. The van der Waals surface area contributed by atoms with E-state index in [4.69, 9.17) is 9.84 Å². The third-order valence-electron chi connectivity index (χ3n) is 2.75. The molecule has 0 spiro atoms. The van der Waals surface area contributed by atoms with Crippen LogP contribution in [-0.2, 0) is 4.74 Å². The number of rotatable bonds is 7. The minimum Gasteiger partial charge on any atom is -0.396 e. The number of para-hydroxylation sites is 1. The van der Waals surface area contributed by atoms with Crippen molar-refractivity contribution >= 4 is 22.3 Å². The fourth-order valence-electron chi connectivity index (χ4n) is 1.82. The van der Waals surface area contributed by atoms with Crippen molar-refractivity contribution in [2.24, 2.45) is 0 Å². The zero-order valence-electron chi connectivity index (χ0n) is 12.8. The van der Waals surface area contributed by atoms with Gasteiger partial charge in [-0.15, -0.1) is 0 Å². The zero-order valence-corrected chi connectivity index (χ0v) is 12.8. The Labute approximate surface area is 129 Å². The lowest BCUT2D eigenvalue weighted by molar-refractivity contribution is -0.384. The number of aliphatic hydroxyl groups is 1. The van der Waals surface area contributed by atoms with Crippen molar-refractivity contribution in [2.45, 2.75) is 20.3 Å². The molecule has 0 unspecified atom stereocenters. The number of anilines is 1. The maximum atomic E-state index is 11.1. The Bertz CT molecular complexity index is 604. The number of ether oxygens (including phenoxy) is 1. The molecular formula is C15H21N3O4. The highest BCUT2D eigenvalue weighted by molar-refractivity contribution is 5.95. The van der Waals surface area contributed by atoms with Gasteiger partial charge in [-0.25, -0.2) is 4.98 Å². The van der Waals surface area contributed by atoms with Gasteiger partial charge in [0.1, 0.15) is 18.6 Å². The number of nitro groups is 1. The van der Waals surface area contributed by atoms with Gasteiger partial charge in [-0.05, 0) is 12.5 Å². The molecule has 7 heteroatoms. The van der Waals surface area contributed by atoms with Crippen LogP contribution in [0.2, 0.25) is 0 Å². The summed E-state index contributed by atoms with van der Waals surface area (Å²) in [7, 11) is 0. The first kappa shape index (κ1) is 17.8. The number of pyridine rings is 1. The Balaban J connectivity index is 0.00000116. The van der Waals surface area contributed by atoms with Crippen LogP contribution in [0.15, 0.2) is 30.5 Å². The van der Waals surface area contributed by atoms with Crippen molar-refractivity contribution in [1.29, 1.82) is 0 Å². The lowest BCUT2D eigenvalue weighted by Gasteiger charge is -2.10. The lowest BCUT2D eigenvalue weighted by atomic mass is 10.1. The van der Waals surface area contributed by atoms with Crippen molar-refractivity contribution in [2.75, 3.05) is 25.3 Å². The van der Waals surface area contributed by atoms with E-state index in [-0.39, 0.29) is 19.0 Å². The molecule has 1 heterocycles. The van der Waals surface area contributed by atoms with E-state index in [1.807, 2.05) is 19.9 Å². The molecule has 22 heavy (non-hydrogen) atoms. The van der Waals surface area contributed by atoms with Crippen molar-refractivity contribution in [1.82, 2.24) is 4.98 Å². The Morgan fingerprint density at radius 1 is 1.36 bits per heavy atom. The third kappa shape index (κ3) is 4.64. The van der Waals surface area contributed by atoms with E-state index in [2.05, 4.69) is 10.3 Å².